The van der Waals surface area contributed by atoms with Crippen LogP contribution < -0.4 is 10.6 Å². The molecule has 0 unspecified atom stereocenters. The maximum absolute atomic E-state index is 13.4. The number of rotatable bonds is 7. The van der Waals surface area contributed by atoms with E-state index in [9.17, 15) is 18.4 Å². The van der Waals surface area contributed by atoms with Crippen LogP contribution in [0.1, 0.15) is 39.2 Å². The number of carbonyl (C=O) groups excluding carboxylic acids is 2. The van der Waals surface area contributed by atoms with Gasteiger partial charge in [0.05, 0.1) is 0 Å². The van der Waals surface area contributed by atoms with Crippen LogP contribution in [0.2, 0.25) is 0 Å². The van der Waals surface area contributed by atoms with E-state index in [1.165, 1.54) is 18.2 Å². The Hall–Kier alpha value is -2.18. The number of benzene rings is 1. The molecule has 0 saturated carbocycles. The average Bonchev–Trinajstić information content (AvgIpc) is 2.44. The van der Waals surface area contributed by atoms with Crippen LogP contribution in [-0.2, 0) is 16.0 Å². The summed E-state index contributed by atoms with van der Waals surface area (Å²) in [4.78, 5) is 23.0. The van der Waals surface area contributed by atoms with Crippen molar-refractivity contribution in [2.75, 3.05) is 13.1 Å². The minimum atomic E-state index is -0.649. The SMILES string of the molecule is CC(C)(C)OC(=O)NCCCNC(=O)CCc1c(F)cccc1F. The average molecular weight is 342 g/mol. The van der Waals surface area contributed by atoms with Crippen LogP contribution in [0.15, 0.2) is 18.2 Å². The van der Waals surface area contributed by atoms with E-state index in [1.807, 2.05) is 0 Å². The van der Waals surface area contributed by atoms with E-state index in [0.717, 1.165) is 0 Å². The summed E-state index contributed by atoms with van der Waals surface area (Å²) in [5.41, 5.74) is -0.639. The Labute approximate surface area is 140 Å². The Morgan fingerprint density at radius 3 is 2.25 bits per heavy atom. The van der Waals surface area contributed by atoms with Crippen molar-refractivity contribution in [3.63, 3.8) is 0 Å². The molecule has 134 valence electrons. The fraction of sp³-hybridized carbons (Fsp3) is 0.529. The van der Waals surface area contributed by atoms with Crippen LogP contribution >= 0.6 is 0 Å². The van der Waals surface area contributed by atoms with E-state index in [-0.39, 0.29) is 24.3 Å². The molecule has 24 heavy (non-hydrogen) atoms. The zero-order chi connectivity index (χ0) is 18.2. The van der Waals surface area contributed by atoms with Crippen molar-refractivity contribution in [2.45, 2.75) is 45.6 Å². The largest absolute Gasteiger partial charge is 0.444 e. The van der Waals surface area contributed by atoms with E-state index >= 15 is 0 Å². The van der Waals surface area contributed by atoms with Crippen molar-refractivity contribution >= 4 is 12.0 Å². The number of hydrogen-bond donors (Lipinski definition) is 2. The van der Waals surface area contributed by atoms with Crippen molar-refractivity contribution in [3.05, 3.63) is 35.4 Å². The Bertz CT molecular complexity index is 551. The summed E-state index contributed by atoms with van der Waals surface area (Å²) < 4.78 is 31.9. The van der Waals surface area contributed by atoms with Gasteiger partial charge in [-0.2, -0.15) is 0 Å². The molecule has 0 spiro atoms. The lowest BCUT2D eigenvalue weighted by atomic mass is 10.1. The molecule has 0 radical (unpaired) electrons. The monoisotopic (exact) mass is 342 g/mol. The molecule has 7 heteroatoms. The zero-order valence-corrected chi connectivity index (χ0v) is 14.2. The Balaban J connectivity index is 2.18. The molecule has 0 saturated heterocycles. The fourth-order valence-electron chi connectivity index (χ4n) is 1.92. The third kappa shape index (κ3) is 7.89. The lowest BCUT2D eigenvalue weighted by molar-refractivity contribution is -0.121. The molecule has 0 atom stereocenters. The van der Waals surface area contributed by atoms with E-state index in [2.05, 4.69) is 10.6 Å². The van der Waals surface area contributed by atoms with Crippen LogP contribution in [0.25, 0.3) is 0 Å². The van der Waals surface area contributed by atoms with Gasteiger partial charge in [0.15, 0.2) is 0 Å². The van der Waals surface area contributed by atoms with Crippen molar-refractivity contribution in [1.82, 2.24) is 10.6 Å². The first-order valence-corrected chi connectivity index (χ1v) is 7.85. The highest BCUT2D eigenvalue weighted by Gasteiger charge is 2.15. The van der Waals surface area contributed by atoms with E-state index in [1.54, 1.807) is 20.8 Å². The highest BCUT2D eigenvalue weighted by molar-refractivity contribution is 5.76. The zero-order valence-electron chi connectivity index (χ0n) is 14.2. The molecule has 0 aromatic heterocycles. The number of ether oxygens (including phenoxy) is 1. The van der Waals surface area contributed by atoms with Crippen LogP contribution in [0.5, 0.6) is 0 Å². The van der Waals surface area contributed by atoms with Crippen molar-refractivity contribution in [2.24, 2.45) is 0 Å². The number of nitrogens with one attached hydrogen (secondary N) is 2. The quantitative estimate of drug-likeness (QED) is 0.749. The summed E-state index contributed by atoms with van der Waals surface area (Å²) in [6.07, 6.45) is 0.0144. The van der Waals surface area contributed by atoms with Crippen LogP contribution in [0.3, 0.4) is 0 Å². The topological polar surface area (TPSA) is 67.4 Å². The lowest BCUT2D eigenvalue weighted by Crippen LogP contribution is -2.34. The van der Waals surface area contributed by atoms with Gasteiger partial charge in [-0.25, -0.2) is 13.6 Å². The fourth-order valence-corrected chi connectivity index (χ4v) is 1.92. The molecule has 1 rings (SSSR count). The first kappa shape index (κ1) is 19.9. The Kier molecular flexibility index (Phi) is 7.61. The minimum Gasteiger partial charge on any atom is -0.444 e. The summed E-state index contributed by atoms with van der Waals surface area (Å²) >= 11 is 0. The van der Waals surface area contributed by atoms with E-state index in [4.69, 9.17) is 4.74 Å². The highest BCUT2D eigenvalue weighted by Crippen LogP contribution is 2.13. The third-order valence-corrected chi connectivity index (χ3v) is 3.01. The van der Waals surface area contributed by atoms with Gasteiger partial charge in [0.25, 0.3) is 0 Å². The molecule has 0 aliphatic carbocycles. The van der Waals surface area contributed by atoms with Crippen molar-refractivity contribution in [1.29, 1.82) is 0 Å². The smallest absolute Gasteiger partial charge is 0.407 e. The van der Waals surface area contributed by atoms with Gasteiger partial charge < -0.3 is 15.4 Å². The molecule has 2 N–H and O–H groups in total. The molecular weight excluding hydrogens is 318 g/mol. The number of amides is 2. The Morgan fingerprint density at radius 2 is 1.67 bits per heavy atom. The molecule has 0 bridgehead atoms. The van der Waals surface area contributed by atoms with Gasteiger partial charge in [0.1, 0.15) is 17.2 Å². The second-order valence-electron chi connectivity index (χ2n) is 6.33. The van der Waals surface area contributed by atoms with Crippen LogP contribution in [0, 0.1) is 11.6 Å². The lowest BCUT2D eigenvalue weighted by Gasteiger charge is -2.19. The number of carbonyl (C=O) groups is 2. The predicted octanol–water partition coefficient (Wildman–Crippen LogP) is 2.93. The number of halogens is 2. The molecule has 5 nitrogen and oxygen atoms in total. The normalized spacial score (nSPS) is 11.0. The minimum absolute atomic E-state index is 0.000495. The summed E-state index contributed by atoms with van der Waals surface area (Å²) in [5, 5.41) is 5.21. The van der Waals surface area contributed by atoms with Gasteiger partial charge in [-0.3, -0.25) is 4.79 Å². The first-order valence-electron chi connectivity index (χ1n) is 7.85. The van der Waals surface area contributed by atoms with Crippen molar-refractivity contribution in [3.8, 4) is 0 Å². The van der Waals surface area contributed by atoms with Gasteiger partial charge >= 0.3 is 6.09 Å². The molecule has 0 heterocycles. The molecule has 1 aromatic carbocycles. The van der Waals surface area contributed by atoms with Crippen molar-refractivity contribution < 1.29 is 23.1 Å². The van der Waals surface area contributed by atoms with E-state index < -0.39 is 23.3 Å². The van der Waals surface area contributed by atoms with Gasteiger partial charge in [0.2, 0.25) is 5.91 Å². The number of hydrogen-bond acceptors (Lipinski definition) is 3. The summed E-state index contributed by atoms with van der Waals surface area (Å²) in [6, 6.07) is 3.61. The summed E-state index contributed by atoms with van der Waals surface area (Å²) in [6.45, 7) is 6.02. The first-order chi connectivity index (χ1) is 11.2. The maximum atomic E-state index is 13.4. The molecular formula is C17H24F2N2O3. The summed E-state index contributed by atoms with van der Waals surface area (Å²) in [7, 11) is 0. The van der Waals surface area contributed by atoms with Crippen LogP contribution in [-0.4, -0.2) is 30.7 Å². The standard InChI is InChI=1S/C17H24F2N2O3/c1-17(2,3)24-16(23)21-11-5-10-20-15(22)9-8-12-13(18)6-4-7-14(12)19/h4,6-7H,5,8-11H2,1-3H3,(H,20,22)(H,21,23). The predicted molar refractivity (Wildman–Crippen MR) is 86.5 cm³/mol. The molecule has 2 amide bonds. The van der Waals surface area contributed by atoms with E-state index in [0.29, 0.717) is 19.5 Å². The molecule has 0 aliphatic heterocycles. The third-order valence-electron chi connectivity index (χ3n) is 3.01. The Morgan fingerprint density at radius 1 is 1.08 bits per heavy atom. The molecule has 0 fully saturated rings. The molecule has 1 aromatic rings. The van der Waals surface area contributed by atoms with Gasteiger partial charge in [-0.1, -0.05) is 6.07 Å². The van der Waals surface area contributed by atoms with Gasteiger partial charge in [0, 0.05) is 25.1 Å². The maximum Gasteiger partial charge on any atom is 0.407 e. The highest BCUT2D eigenvalue weighted by atomic mass is 19.1. The summed E-state index contributed by atoms with van der Waals surface area (Å²) in [5.74, 6) is -1.59. The van der Waals surface area contributed by atoms with Crippen LogP contribution in [0.4, 0.5) is 13.6 Å². The second kappa shape index (κ2) is 9.20. The van der Waals surface area contributed by atoms with Gasteiger partial charge in [-0.15, -0.1) is 0 Å². The second-order valence-corrected chi connectivity index (χ2v) is 6.33. The number of alkyl carbamates (subject to hydrolysis) is 1. The van der Waals surface area contributed by atoms with Gasteiger partial charge in [-0.05, 0) is 45.7 Å². The molecule has 0 aliphatic rings.